The van der Waals surface area contributed by atoms with E-state index in [-0.39, 0.29) is 12.0 Å². The Morgan fingerprint density at radius 2 is 1.58 bits per heavy atom. The van der Waals surface area contributed by atoms with Gasteiger partial charge in [0, 0.05) is 24.1 Å². The van der Waals surface area contributed by atoms with Gasteiger partial charge in [0.2, 0.25) is 0 Å². The Morgan fingerprint density at radius 3 is 2.27 bits per heavy atom. The quantitative estimate of drug-likeness (QED) is 0.542. The Balaban J connectivity index is 1.73. The van der Waals surface area contributed by atoms with Crippen molar-refractivity contribution in [3.8, 4) is 0 Å². The van der Waals surface area contributed by atoms with Crippen LogP contribution in [0.1, 0.15) is 46.6 Å². The van der Waals surface area contributed by atoms with Gasteiger partial charge in [-0.3, -0.25) is 0 Å². The van der Waals surface area contributed by atoms with Gasteiger partial charge < -0.3 is 0 Å². The first-order chi connectivity index (χ1) is 12.9. The molecule has 0 amide bonds. The predicted octanol–water partition coefficient (Wildman–Crippen LogP) is 1.63. The van der Waals surface area contributed by atoms with E-state index in [0.29, 0.717) is 0 Å². The highest BCUT2D eigenvalue weighted by Crippen LogP contribution is 2.58. The molecule has 0 radical (unpaired) electrons. The van der Waals surface area contributed by atoms with Gasteiger partial charge in [0.15, 0.2) is 17.9 Å². The van der Waals surface area contributed by atoms with Crippen molar-refractivity contribution in [3.05, 3.63) is 89.3 Å². The summed E-state index contributed by atoms with van der Waals surface area (Å²) in [7, 11) is 0. The first kappa shape index (κ1) is 13.9. The summed E-state index contributed by atoms with van der Waals surface area (Å²) >= 11 is 0. The first-order valence-electron chi connectivity index (χ1n) is 8.71. The molecule has 7 nitrogen and oxygen atoms in total. The summed E-state index contributed by atoms with van der Waals surface area (Å²) in [5.74, 6) is 0.0973. The van der Waals surface area contributed by atoms with E-state index < -0.39 is 5.41 Å². The molecule has 2 bridgehead atoms. The zero-order valence-electron chi connectivity index (χ0n) is 13.9. The molecule has 126 valence electrons. The molecule has 0 fully saturated rings. The summed E-state index contributed by atoms with van der Waals surface area (Å²) in [6.45, 7) is 0. The van der Waals surface area contributed by atoms with Crippen LogP contribution in [-0.2, 0) is 5.41 Å². The van der Waals surface area contributed by atoms with Gasteiger partial charge in [0.1, 0.15) is 0 Å². The van der Waals surface area contributed by atoms with Crippen LogP contribution in [0.5, 0.6) is 0 Å². The molecule has 26 heavy (non-hydrogen) atoms. The van der Waals surface area contributed by atoms with Crippen molar-refractivity contribution in [2.24, 2.45) is 0 Å². The maximum absolute atomic E-state index is 4.51. The van der Waals surface area contributed by atoms with E-state index >= 15 is 0 Å². The summed E-state index contributed by atoms with van der Waals surface area (Å²) in [6.07, 6.45) is 6.70. The molecule has 0 saturated carbocycles. The minimum atomic E-state index is -0.402. The van der Waals surface area contributed by atoms with Crippen LogP contribution in [0.15, 0.2) is 61.1 Å². The molecule has 2 N–H and O–H groups in total. The highest BCUT2D eigenvalue weighted by atomic mass is 15.3. The van der Waals surface area contributed by atoms with Crippen molar-refractivity contribution >= 4 is 0 Å². The van der Waals surface area contributed by atoms with Gasteiger partial charge in [-0.2, -0.15) is 35.4 Å². The molecule has 3 aliphatic rings. The third-order valence-corrected chi connectivity index (χ3v) is 5.97. The smallest absolute Gasteiger partial charge is 0.190 e. The molecule has 1 aromatic carbocycles. The number of hydrogen-bond donors (Lipinski definition) is 2. The number of fused-ring (bicyclic) bond motifs is 1. The lowest BCUT2D eigenvalue weighted by Crippen LogP contribution is -2.60. The highest BCUT2D eigenvalue weighted by molar-refractivity contribution is 5.51. The lowest BCUT2D eigenvalue weighted by atomic mass is 9.56. The standard InChI is InChI=1S/C19H16N7/c1-2-6-13-12(5-1)15-9-19(16-10-20-24-22-16,17-11-21-25-23-17)18(13)14-7-3-4-8-26(14)15/h1-8,10-11,15,18H,9H2,(H,20,22,24)(H,21,23,25)/q+1. The van der Waals surface area contributed by atoms with E-state index in [4.69, 9.17) is 0 Å². The normalized spacial score (nSPS) is 22.0. The van der Waals surface area contributed by atoms with Crippen molar-refractivity contribution in [2.45, 2.75) is 23.8 Å². The fourth-order valence-corrected chi connectivity index (χ4v) is 5.00. The first-order valence-corrected chi connectivity index (χ1v) is 8.71. The minimum Gasteiger partial charge on any atom is -0.198 e. The van der Waals surface area contributed by atoms with Crippen LogP contribution in [0.2, 0.25) is 0 Å². The average molecular weight is 342 g/mol. The van der Waals surface area contributed by atoms with Crippen LogP contribution >= 0.6 is 0 Å². The Morgan fingerprint density at radius 1 is 0.885 bits per heavy atom. The fourth-order valence-electron chi connectivity index (χ4n) is 5.00. The topological polar surface area (TPSA) is 87.0 Å². The van der Waals surface area contributed by atoms with Crippen molar-refractivity contribution < 1.29 is 4.57 Å². The van der Waals surface area contributed by atoms with Gasteiger partial charge in [-0.1, -0.05) is 30.3 Å². The summed E-state index contributed by atoms with van der Waals surface area (Å²) in [5.41, 5.74) is 5.40. The lowest BCUT2D eigenvalue weighted by Gasteiger charge is -2.47. The van der Waals surface area contributed by atoms with Crippen molar-refractivity contribution in [2.75, 3.05) is 0 Å². The molecular weight excluding hydrogens is 326 g/mol. The largest absolute Gasteiger partial charge is 0.198 e. The van der Waals surface area contributed by atoms with Crippen LogP contribution < -0.4 is 4.57 Å². The minimum absolute atomic E-state index is 0.0973. The zero-order chi connectivity index (χ0) is 17.1. The molecule has 4 aromatic rings. The van der Waals surface area contributed by atoms with Gasteiger partial charge in [-0.25, -0.2) is 0 Å². The van der Waals surface area contributed by atoms with E-state index in [1.807, 2.05) is 12.4 Å². The number of pyridine rings is 1. The molecule has 7 heteroatoms. The van der Waals surface area contributed by atoms with Crippen LogP contribution in [0.4, 0.5) is 0 Å². The van der Waals surface area contributed by atoms with Crippen LogP contribution in [0.3, 0.4) is 0 Å². The molecule has 2 atom stereocenters. The molecule has 3 aromatic heterocycles. The molecule has 2 unspecified atom stereocenters. The number of aromatic nitrogens is 7. The second-order valence-electron chi connectivity index (χ2n) is 7.00. The lowest BCUT2D eigenvalue weighted by molar-refractivity contribution is -0.732. The van der Waals surface area contributed by atoms with E-state index in [9.17, 15) is 0 Å². The van der Waals surface area contributed by atoms with Crippen LogP contribution in [-0.4, -0.2) is 30.8 Å². The summed E-state index contributed by atoms with van der Waals surface area (Å²) < 4.78 is 2.39. The van der Waals surface area contributed by atoms with Gasteiger partial charge in [-0.15, -0.1) is 0 Å². The monoisotopic (exact) mass is 342 g/mol. The van der Waals surface area contributed by atoms with Gasteiger partial charge >= 0.3 is 0 Å². The van der Waals surface area contributed by atoms with E-state index in [1.54, 1.807) is 0 Å². The molecule has 0 spiro atoms. The predicted molar refractivity (Wildman–Crippen MR) is 91.2 cm³/mol. The summed E-state index contributed by atoms with van der Waals surface area (Å²) in [4.78, 5) is 0. The van der Waals surface area contributed by atoms with E-state index in [0.717, 1.165) is 17.8 Å². The summed E-state index contributed by atoms with van der Waals surface area (Å²) in [5, 5.41) is 22.8. The van der Waals surface area contributed by atoms with Gasteiger partial charge in [0.05, 0.1) is 35.1 Å². The second kappa shape index (κ2) is 4.85. The molecule has 7 rings (SSSR count). The third kappa shape index (κ3) is 1.55. The van der Waals surface area contributed by atoms with Crippen LogP contribution in [0, 0.1) is 0 Å². The Labute approximate surface area is 149 Å². The van der Waals surface area contributed by atoms with Crippen molar-refractivity contribution in [1.82, 2.24) is 30.8 Å². The number of nitrogens with zero attached hydrogens (tertiary/aromatic N) is 5. The molecule has 1 aliphatic carbocycles. The third-order valence-electron chi connectivity index (χ3n) is 5.97. The number of nitrogens with one attached hydrogen (secondary N) is 2. The number of H-pyrrole nitrogens is 2. The number of hydrogen-bond acceptors (Lipinski definition) is 4. The summed E-state index contributed by atoms with van der Waals surface area (Å²) in [6, 6.07) is 15.3. The van der Waals surface area contributed by atoms with Crippen LogP contribution in [0.25, 0.3) is 0 Å². The average Bonchev–Trinajstić information content (AvgIpc) is 3.42. The van der Waals surface area contributed by atoms with Crippen molar-refractivity contribution in [3.63, 3.8) is 0 Å². The Hall–Kier alpha value is -3.35. The maximum atomic E-state index is 4.51. The maximum Gasteiger partial charge on any atom is 0.190 e. The highest BCUT2D eigenvalue weighted by Gasteiger charge is 2.61. The fraction of sp³-hybridized carbons (Fsp3) is 0.211. The number of aromatic amines is 2. The molecule has 5 heterocycles. The molecule has 0 saturated heterocycles. The zero-order valence-corrected chi connectivity index (χ0v) is 13.9. The molecular formula is C19H16N7+. The second-order valence-corrected chi connectivity index (χ2v) is 7.00. The van der Waals surface area contributed by atoms with Gasteiger partial charge in [0.25, 0.3) is 0 Å². The Kier molecular flexibility index (Phi) is 2.59. The SMILES string of the molecule is c1ccc2c(c1)C1CC(c3cn[nH]n3)(c3cn[nH]n3)C2c2cccc[n+]21. The van der Waals surface area contributed by atoms with Crippen molar-refractivity contribution in [1.29, 1.82) is 0 Å². The Bertz CT molecular complexity index is 1000. The van der Waals surface area contributed by atoms with E-state index in [2.05, 4.69) is 84.1 Å². The number of benzene rings is 1. The van der Waals surface area contributed by atoms with Gasteiger partial charge in [-0.05, 0) is 5.56 Å². The molecule has 2 aliphatic heterocycles. The van der Waals surface area contributed by atoms with E-state index in [1.165, 1.54) is 16.8 Å². The number of rotatable bonds is 2.